The number of hydrogen-bond acceptors (Lipinski definition) is 7. The highest BCUT2D eigenvalue weighted by atomic mass is 32.2. The van der Waals surface area contributed by atoms with Crippen molar-refractivity contribution in [3.8, 4) is 28.4 Å². The largest absolute Gasteiger partial charge is 0.496 e. The minimum absolute atomic E-state index is 0.171. The van der Waals surface area contributed by atoms with Crippen molar-refractivity contribution in [2.24, 2.45) is 0 Å². The molecule has 1 heterocycles. The van der Waals surface area contributed by atoms with Crippen molar-refractivity contribution >= 4 is 27.1 Å². The van der Waals surface area contributed by atoms with Crippen molar-refractivity contribution in [1.82, 2.24) is 0 Å². The maximum Gasteiger partial charge on any atom is 0.312 e. The third kappa shape index (κ3) is 5.18. The third-order valence-corrected chi connectivity index (χ3v) is 8.62. The van der Waals surface area contributed by atoms with Gasteiger partial charge in [0.2, 0.25) is 0 Å². The number of methoxy groups -OCH3 is 2. The molecule has 38 heavy (non-hydrogen) atoms. The monoisotopic (exact) mass is 534 g/mol. The Morgan fingerprint density at radius 1 is 0.974 bits per heavy atom. The average molecular weight is 535 g/mol. The van der Waals surface area contributed by atoms with Crippen LogP contribution >= 0.6 is 0 Å². The molecule has 0 radical (unpaired) electrons. The van der Waals surface area contributed by atoms with Gasteiger partial charge in [0.05, 0.1) is 30.7 Å². The Balaban J connectivity index is 1.59. The fraction of sp³-hybridized carbons (Fsp3) is 0.333. The molecule has 0 bridgehead atoms. The lowest BCUT2D eigenvalue weighted by atomic mass is 9.85. The molecular weight excluding hydrogens is 500 g/mol. The molecule has 3 aromatic carbocycles. The molecule has 3 aromatic rings. The van der Waals surface area contributed by atoms with Crippen LogP contribution in [0.1, 0.15) is 44.7 Å². The van der Waals surface area contributed by atoms with Crippen LogP contribution in [0.3, 0.4) is 0 Å². The summed E-state index contributed by atoms with van der Waals surface area (Å²) in [7, 11) is -0.379. The van der Waals surface area contributed by atoms with E-state index in [1.54, 1.807) is 26.4 Å². The number of anilines is 2. The Bertz CT molecular complexity index is 1510. The molecule has 0 saturated heterocycles. The van der Waals surface area contributed by atoms with Gasteiger partial charge in [-0.25, -0.2) is 0 Å². The maximum atomic E-state index is 12.4. The summed E-state index contributed by atoms with van der Waals surface area (Å²) >= 11 is 0. The Labute approximate surface area is 224 Å². The molecule has 1 aliphatic carbocycles. The zero-order valence-electron chi connectivity index (χ0n) is 22.4. The number of fused-ring (bicyclic) bond motifs is 1. The summed E-state index contributed by atoms with van der Waals surface area (Å²) in [6, 6.07) is 17.2. The van der Waals surface area contributed by atoms with E-state index in [0.29, 0.717) is 25.1 Å². The summed E-state index contributed by atoms with van der Waals surface area (Å²) in [5.41, 5.74) is 7.00. The molecule has 1 saturated carbocycles. The summed E-state index contributed by atoms with van der Waals surface area (Å²) in [5, 5.41) is 6.79. The highest BCUT2D eigenvalue weighted by molar-refractivity contribution is 7.88. The number of rotatable bonds is 9. The number of benzene rings is 3. The van der Waals surface area contributed by atoms with Crippen LogP contribution in [0.4, 0.5) is 11.4 Å². The Kier molecular flexibility index (Phi) is 6.77. The second kappa shape index (κ2) is 9.91. The third-order valence-electron chi connectivity index (χ3n) is 6.91. The van der Waals surface area contributed by atoms with Crippen LogP contribution in [-0.2, 0) is 16.7 Å². The van der Waals surface area contributed by atoms with E-state index >= 15 is 0 Å². The molecule has 0 spiro atoms. The van der Waals surface area contributed by atoms with Gasteiger partial charge < -0.3 is 24.3 Å². The fourth-order valence-corrected chi connectivity index (χ4v) is 6.34. The van der Waals surface area contributed by atoms with Crippen LogP contribution < -0.4 is 24.3 Å². The molecule has 1 aliphatic heterocycles. The number of para-hydroxylation sites is 2. The second-order valence-corrected chi connectivity index (χ2v) is 12.2. The van der Waals surface area contributed by atoms with E-state index in [-0.39, 0.29) is 11.3 Å². The van der Waals surface area contributed by atoms with Crippen LogP contribution in [0.25, 0.3) is 16.7 Å². The molecule has 0 amide bonds. The van der Waals surface area contributed by atoms with Crippen LogP contribution in [0.5, 0.6) is 17.2 Å². The van der Waals surface area contributed by atoms with Crippen LogP contribution in [0.15, 0.2) is 60.7 Å². The van der Waals surface area contributed by atoms with Gasteiger partial charge >= 0.3 is 10.1 Å². The van der Waals surface area contributed by atoms with Gasteiger partial charge in [0.1, 0.15) is 17.2 Å². The number of allylic oxidation sites excluding steroid dienone is 1. The number of ether oxygens (including phenoxy) is 2. The van der Waals surface area contributed by atoms with E-state index < -0.39 is 15.4 Å². The van der Waals surface area contributed by atoms with Gasteiger partial charge in [0.25, 0.3) is 0 Å². The standard InChI is InChI=1S/C30H34N2O5S/c1-19-17-30(2,3)32-26-15-14-22(24(29(19)26)18-31-25-8-6-7-9-27(25)35-4)23-13-10-20(16-28(23)36-5)37-38(33,34)21-11-12-21/h6-10,13-17,21,31-32H,11-12,18H2,1-5H3. The van der Waals surface area contributed by atoms with Gasteiger partial charge in [0.15, 0.2) is 0 Å². The van der Waals surface area contributed by atoms with E-state index in [9.17, 15) is 8.42 Å². The first kappa shape index (κ1) is 26.0. The van der Waals surface area contributed by atoms with Crippen molar-refractivity contribution < 1.29 is 22.1 Å². The quantitative estimate of drug-likeness (QED) is 0.305. The second-order valence-electron chi connectivity index (χ2n) is 10.4. The molecule has 8 heteroatoms. The lowest BCUT2D eigenvalue weighted by molar-refractivity contribution is 0.413. The lowest BCUT2D eigenvalue weighted by Crippen LogP contribution is -2.32. The first-order valence-corrected chi connectivity index (χ1v) is 14.2. The summed E-state index contributed by atoms with van der Waals surface area (Å²) in [6.45, 7) is 6.97. The van der Waals surface area contributed by atoms with Gasteiger partial charge in [-0.3, -0.25) is 0 Å². The van der Waals surface area contributed by atoms with E-state index in [1.807, 2.05) is 30.3 Å². The molecule has 7 nitrogen and oxygen atoms in total. The van der Waals surface area contributed by atoms with E-state index in [4.69, 9.17) is 13.7 Å². The van der Waals surface area contributed by atoms with Gasteiger partial charge in [-0.05, 0) is 80.6 Å². The predicted molar refractivity (Wildman–Crippen MR) is 153 cm³/mol. The number of hydrogen-bond donors (Lipinski definition) is 2. The minimum Gasteiger partial charge on any atom is -0.496 e. The van der Waals surface area contributed by atoms with Crippen molar-refractivity contribution in [1.29, 1.82) is 0 Å². The van der Waals surface area contributed by atoms with Crippen molar-refractivity contribution in [2.45, 2.75) is 50.9 Å². The minimum atomic E-state index is -3.62. The van der Waals surface area contributed by atoms with Crippen LogP contribution in [0, 0.1) is 0 Å². The van der Waals surface area contributed by atoms with Crippen molar-refractivity contribution in [2.75, 3.05) is 24.9 Å². The lowest BCUT2D eigenvalue weighted by Gasteiger charge is -2.33. The molecule has 2 aliphatic rings. The first-order valence-electron chi connectivity index (χ1n) is 12.7. The topological polar surface area (TPSA) is 85.9 Å². The van der Waals surface area contributed by atoms with Crippen LogP contribution in [0.2, 0.25) is 0 Å². The van der Waals surface area contributed by atoms with Crippen molar-refractivity contribution in [3.63, 3.8) is 0 Å². The molecule has 2 N–H and O–H groups in total. The molecule has 5 rings (SSSR count). The zero-order valence-corrected chi connectivity index (χ0v) is 23.2. The average Bonchev–Trinajstić information content (AvgIpc) is 3.73. The van der Waals surface area contributed by atoms with E-state index in [2.05, 4.69) is 49.6 Å². The Morgan fingerprint density at radius 3 is 2.39 bits per heavy atom. The highest BCUT2D eigenvalue weighted by Gasteiger charge is 2.38. The highest BCUT2D eigenvalue weighted by Crippen LogP contribution is 2.44. The summed E-state index contributed by atoms with van der Waals surface area (Å²) in [6.07, 6.45) is 3.53. The molecule has 1 fully saturated rings. The summed E-state index contributed by atoms with van der Waals surface area (Å²) in [4.78, 5) is 0. The predicted octanol–water partition coefficient (Wildman–Crippen LogP) is 6.46. The maximum absolute atomic E-state index is 12.4. The molecule has 0 unspecified atom stereocenters. The van der Waals surface area contributed by atoms with Gasteiger partial charge in [-0.15, -0.1) is 0 Å². The zero-order chi connectivity index (χ0) is 27.1. The fourth-order valence-electron chi connectivity index (χ4n) is 5.11. The molecule has 200 valence electrons. The van der Waals surface area contributed by atoms with E-state index in [1.165, 1.54) is 5.57 Å². The normalized spacial score (nSPS) is 16.1. The molecule has 0 atom stereocenters. The summed E-state index contributed by atoms with van der Waals surface area (Å²) in [5.74, 6) is 1.56. The Morgan fingerprint density at radius 2 is 1.68 bits per heavy atom. The first-order chi connectivity index (χ1) is 18.1. The molecule has 0 aromatic heterocycles. The van der Waals surface area contributed by atoms with E-state index in [0.717, 1.165) is 39.4 Å². The smallest absolute Gasteiger partial charge is 0.312 e. The van der Waals surface area contributed by atoms with Gasteiger partial charge in [0, 0.05) is 29.4 Å². The van der Waals surface area contributed by atoms with Gasteiger partial charge in [-0.1, -0.05) is 24.3 Å². The molecular formula is C30H34N2O5S. The van der Waals surface area contributed by atoms with Crippen LogP contribution in [-0.4, -0.2) is 33.4 Å². The number of nitrogens with one attached hydrogen (secondary N) is 2. The summed E-state index contributed by atoms with van der Waals surface area (Å²) < 4.78 is 41.5. The Hall–Kier alpha value is -3.65. The van der Waals surface area contributed by atoms with Crippen molar-refractivity contribution in [3.05, 3.63) is 71.8 Å². The SMILES string of the molecule is COc1ccccc1NCc1c(-c2ccc(OS(=O)(=O)C3CC3)cc2OC)ccc2c1C(C)=CC(C)(C)N2. The van der Waals surface area contributed by atoms with Gasteiger partial charge in [-0.2, -0.15) is 8.42 Å².